The fraction of sp³-hybridized carbons (Fsp3) is 1.00. The largest absolute Gasteiger partial charge is 0.374 e. The van der Waals surface area contributed by atoms with Crippen LogP contribution in [0.3, 0.4) is 0 Å². The Balaban J connectivity index is 2.18. The van der Waals surface area contributed by atoms with Gasteiger partial charge in [0.05, 0.1) is 5.60 Å². The predicted molar refractivity (Wildman–Crippen MR) is 90.6 cm³/mol. The highest BCUT2D eigenvalue weighted by molar-refractivity contribution is 5.02. The quantitative estimate of drug-likeness (QED) is 0.686. The smallest absolute Gasteiger partial charge is 0.0837 e. The summed E-state index contributed by atoms with van der Waals surface area (Å²) in [6.45, 7) is 8.86. The molecule has 0 aliphatic heterocycles. The molecule has 2 aliphatic carbocycles. The lowest BCUT2D eigenvalue weighted by Gasteiger charge is -2.46. The lowest BCUT2D eigenvalue weighted by molar-refractivity contribution is -0.0862. The van der Waals surface area contributed by atoms with Crippen molar-refractivity contribution in [3.05, 3.63) is 0 Å². The molecule has 0 aromatic heterocycles. The van der Waals surface area contributed by atoms with Crippen molar-refractivity contribution >= 4 is 0 Å². The average Bonchev–Trinajstić information content (AvgIpc) is 2.98. The van der Waals surface area contributed by atoms with Crippen LogP contribution in [0.1, 0.15) is 85.0 Å². The Labute approximate surface area is 132 Å². The molecule has 124 valence electrons. The maximum atomic E-state index is 6.43. The Morgan fingerprint density at radius 2 is 1.76 bits per heavy atom. The van der Waals surface area contributed by atoms with E-state index in [1.54, 1.807) is 0 Å². The predicted octanol–water partition coefficient (Wildman–Crippen LogP) is 4.92. The zero-order chi connectivity index (χ0) is 15.1. The maximum Gasteiger partial charge on any atom is 0.0837 e. The molecular formula is C19H37NO. The first kappa shape index (κ1) is 17.3. The topological polar surface area (TPSA) is 21.3 Å². The molecule has 2 aliphatic rings. The molecular weight excluding hydrogens is 258 g/mol. The molecule has 1 N–H and O–H groups in total. The molecule has 0 bridgehead atoms. The second kappa shape index (κ2) is 8.53. The van der Waals surface area contributed by atoms with Gasteiger partial charge in [-0.2, -0.15) is 0 Å². The standard InChI is InChI=1S/C19H37NO/c1-4-15-20-18(17-12-8-7-11-16(17)5-2)19(21-6-3)13-9-10-14-19/h16-18,20H,4-15H2,1-3H3. The Kier molecular flexibility index (Phi) is 7.01. The van der Waals surface area contributed by atoms with Gasteiger partial charge < -0.3 is 10.1 Å². The van der Waals surface area contributed by atoms with Gasteiger partial charge in [-0.1, -0.05) is 52.4 Å². The van der Waals surface area contributed by atoms with Crippen molar-refractivity contribution in [3.63, 3.8) is 0 Å². The second-order valence-electron chi connectivity index (χ2n) is 7.25. The molecule has 2 fully saturated rings. The summed E-state index contributed by atoms with van der Waals surface area (Å²) >= 11 is 0. The third-order valence-electron chi connectivity index (χ3n) is 5.98. The van der Waals surface area contributed by atoms with E-state index < -0.39 is 0 Å². The van der Waals surface area contributed by atoms with Crippen LogP contribution in [0, 0.1) is 11.8 Å². The first-order valence-corrected chi connectivity index (χ1v) is 9.64. The lowest BCUT2D eigenvalue weighted by atomic mass is 9.69. The normalized spacial score (nSPS) is 30.4. The van der Waals surface area contributed by atoms with Crippen LogP contribution in [0.25, 0.3) is 0 Å². The Bertz CT molecular complexity index is 285. The molecule has 21 heavy (non-hydrogen) atoms. The van der Waals surface area contributed by atoms with E-state index in [0.717, 1.165) is 25.0 Å². The van der Waals surface area contributed by atoms with E-state index in [1.165, 1.54) is 64.2 Å². The molecule has 0 aromatic rings. The highest BCUT2D eigenvalue weighted by atomic mass is 16.5. The summed E-state index contributed by atoms with van der Waals surface area (Å²) in [5, 5.41) is 3.95. The Morgan fingerprint density at radius 1 is 1.05 bits per heavy atom. The van der Waals surface area contributed by atoms with Crippen molar-refractivity contribution in [1.29, 1.82) is 0 Å². The molecule has 0 radical (unpaired) electrons. The van der Waals surface area contributed by atoms with Gasteiger partial charge in [0.2, 0.25) is 0 Å². The molecule has 2 heteroatoms. The van der Waals surface area contributed by atoms with Gasteiger partial charge in [0, 0.05) is 12.6 Å². The molecule has 2 nitrogen and oxygen atoms in total. The van der Waals surface area contributed by atoms with Crippen LogP contribution >= 0.6 is 0 Å². The van der Waals surface area contributed by atoms with Crippen molar-refractivity contribution in [2.75, 3.05) is 13.2 Å². The van der Waals surface area contributed by atoms with Gasteiger partial charge in [-0.25, -0.2) is 0 Å². The molecule has 0 amide bonds. The number of rotatable bonds is 8. The number of hydrogen-bond donors (Lipinski definition) is 1. The first-order valence-electron chi connectivity index (χ1n) is 9.64. The Hall–Kier alpha value is -0.0800. The number of ether oxygens (including phenoxy) is 1. The van der Waals surface area contributed by atoms with Gasteiger partial charge in [0.1, 0.15) is 0 Å². The van der Waals surface area contributed by atoms with Crippen LogP contribution in [-0.4, -0.2) is 24.8 Å². The van der Waals surface area contributed by atoms with E-state index in [4.69, 9.17) is 4.74 Å². The van der Waals surface area contributed by atoms with Gasteiger partial charge in [-0.15, -0.1) is 0 Å². The minimum Gasteiger partial charge on any atom is -0.374 e. The minimum absolute atomic E-state index is 0.138. The van der Waals surface area contributed by atoms with E-state index in [1.807, 2.05) is 0 Å². The van der Waals surface area contributed by atoms with E-state index in [9.17, 15) is 0 Å². The van der Waals surface area contributed by atoms with Crippen molar-refractivity contribution in [2.45, 2.75) is 96.6 Å². The molecule has 0 spiro atoms. The summed E-state index contributed by atoms with van der Waals surface area (Å²) in [4.78, 5) is 0. The lowest BCUT2D eigenvalue weighted by Crippen LogP contribution is -2.57. The van der Waals surface area contributed by atoms with Crippen LogP contribution in [0.5, 0.6) is 0 Å². The van der Waals surface area contributed by atoms with Crippen LogP contribution in [0.2, 0.25) is 0 Å². The molecule has 0 saturated heterocycles. The summed E-state index contributed by atoms with van der Waals surface area (Å²) in [6, 6.07) is 0.588. The summed E-state index contributed by atoms with van der Waals surface area (Å²) in [6.07, 6.45) is 13.5. The zero-order valence-corrected chi connectivity index (χ0v) is 14.6. The van der Waals surface area contributed by atoms with E-state index in [2.05, 4.69) is 26.1 Å². The second-order valence-corrected chi connectivity index (χ2v) is 7.25. The summed E-state index contributed by atoms with van der Waals surface area (Å²) < 4.78 is 6.43. The first-order chi connectivity index (χ1) is 10.3. The SMILES string of the molecule is CCCNC(C1CCCCC1CC)C1(OCC)CCCC1. The zero-order valence-electron chi connectivity index (χ0n) is 14.6. The Morgan fingerprint density at radius 3 is 2.38 bits per heavy atom. The third kappa shape index (κ3) is 4.01. The summed E-state index contributed by atoms with van der Waals surface area (Å²) in [5.41, 5.74) is 0.138. The van der Waals surface area contributed by atoms with Crippen LogP contribution in [0.15, 0.2) is 0 Å². The minimum atomic E-state index is 0.138. The van der Waals surface area contributed by atoms with Crippen molar-refractivity contribution in [2.24, 2.45) is 11.8 Å². The van der Waals surface area contributed by atoms with E-state index in [0.29, 0.717) is 6.04 Å². The van der Waals surface area contributed by atoms with E-state index in [-0.39, 0.29) is 5.60 Å². The van der Waals surface area contributed by atoms with Crippen molar-refractivity contribution < 1.29 is 4.74 Å². The molecule has 2 rings (SSSR count). The van der Waals surface area contributed by atoms with Crippen LogP contribution in [-0.2, 0) is 4.74 Å². The molecule has 3 atom stereocenters. The molecule has 0 heterocycles. The molecule has 0 aromatic carbocycles. The fourth-order valence-electron chi connectivity index (χ4n) is 5.02. The van der Waals surface area contributed by atoms with E-state index >= 15 is 0 Å². The molecule has 2 saturated carbocycles. The van der Waals surface area contributed by atoms with Crippen LogP contribution in [0.4, 0.5) is 0 Å². The van der Waals surface area contributed by atoms with Crippen molar-refractivity contribution in [3.8, 4) is 0 Å². The maximum absolute atomic E-state index is 6.43. The third-order valence-corrected chi connectivity index (χ3v) is 5.98. The highest BCUT2D eigenvalue weighted by Crippen LogP contribution is 2.44. The van der Waals surface area contributed by atoms with Gasteiger partial charge in [-0.3, -0.25) is 0 Å². The highest BCUT2D eigenvalue weighted by Gasteiger charge is 2.47. The fourth-order valence-corrected chi connectivity index (χ4v) is 5.02. The van der Waals surface area contributed by atoms with Gasteiger partial charge in [0.25, 0.3) is 0 Å². The monoisotopic (exact) mass is 295 g/mol. The molecule has 3 unspecified atom stereocenters. The van der Waals surface area contributed by atoms with Crippen LogP contribution < -0.4 is 5.32 Å². The van der Waals surface area contributed by atoms with Crippen molar-refractivity contribution in [1.82, 2.24) is 5.32 Å². The summed E-state index contributed by atoms with van der Waals surface area (Å²) in [5.74, 6) is 1.74. The summed E-state index contributed by atoms with van der Waals surface area (Å²) in [7, 11) is 0. The van der Waals surface area contributed by atoms with Gasteiger partial charge in [0.15, 0.2) is 0 Å². The van der Waals surface area contributed by atoms with Gasteiger partial charge >= 0.3 is 0 Å². The van der Waals surface area contributed by atoms with Gasteiger partial charge in [-0.05, 0) is 51.0 Å². The number of hydrogen-bond acceptors (Lipinski definition) is 2. The average molecular weight is 296 g/mol. The number of nitrogens with one attached hydrogen (secondary N) is 1.